The first-order chi connectivity index (χ1) is 16.5. The summed E-state index contributed by atoms with van der Waals surface area (Å²) in [5.74, 6) is 0.539. The van der Waals surface area contributed by atoms with Crippen molar-refractivity contribution in [1.82, 2.24) is 4.90 Å². The zero-order valence-corrected chi connectivity index (χ0v) is 20.9. The number of benzene rings is 2. The minimum atomic E-state index is -4.59. The van der Waals surface area contributed by atoms with Crippen LogP contribution < -0.4 is 0 Å². The fourth-order valence-electron chi connectivity index (χ4n) is 3.35. The molecule has 1 saturated heterocycles. The minimum absolute atomic E-state index is 0.206. The number of alkyl halides is 3. The van der Waals surface area contributed by atoms with E-state index in [9.17, 15) is 18.0 Å². The molecule has 1 aromatic heterocycles. The van der Waals surface area contributed by atoms with Crippen molar-refractivity contribution in [2.45, 2.75) is 20.0 Å². The van der Waals surface area contributed by atoms with Crippen LogP contribution in [0.2, 0.25) is 10.0 Å². The van der Waals surface area contributed by atoms with Crippen LogP contribution in [0.25, 0.3) is 17.4 Å². The third-order valence-electron chi connectivity index (χ3n) is 4.94. The summed E-state index contributed by atoms with van der Waals surface area (Å²) in [6, 6.07) is 13.7. The van der Waals surface area contributed by atoms with Crippen LogP contribution in [0.4, 0.5) is 18.9 Å². The molecular formula is C25H19Cl2F3N2O2S. The van der Waals surface area contributed by atoms with Gasteiger partial charge in [0.25, 0.3) is 5.91 Å². The Kier molecular flexibility index (Phi) is 7.35. The van der Waals surface area contributed by atoms with Gasteiger partial charge < -0.3 is 4.42 Å². The Morgan fingerprint density at radius 1 is 1.09 bits per heavy atom. The van der Waals surface area contributed by atoms with Gasteiger partial charge in [-0.1, -0.05) is 37.0 Å². The first-order valence-electron chi connectivity index (χ1n) is 10.5. The number of aliphatic imine (C=N–C) groups is 1. The molecule has 4 rings (SSSR count). The number of furan rings is 1. The smallest absolute Gasteiger partial charge is 0.417 e. The zero-order valence-electron chi connectivity index (χ0n) is 18.6. The summed E-state index contributed by atoms with van der Waals surface area (Å²) >= 11 is 12.9. The number of thioether (sulfide) groups is 1. The number of amidine groups is 1. The van der Waals surface area contributed by atoms with E-state index in [2.05, 4.69) is 4.99 Å². The number of carbonyl (C=O) groups excluding carboxylic acids is 1. The van der Waals surface area contributed by atoms with E-state index >= 15 is 0 Å². The largest absolute Gasteiger partial charge is 0.457 e. The molecule has 0 spiro atoms. The fourth-order valence-corrected chi connectivity index (χ4v) is 4.69. The van der Waals surface area contributed by atoms with Crippen molar-refractivity contribution in [3.8, 4) is 11.3 Å². The van der Waals surface area contributed by atoms with Crippen LogP contribution in [0, 0.1) is 5.92 Å². The van der Waals surface area contributed by atoms with Gasteiger partial charge in [0.1, 0.15) is 11.5 Å². The summed E-state index contributed by atoms with van der Waals surface area (Å²) in [5.41, 5.74) is -0.0618. The molecule has 0 atom stereocenters. The van der Waals surface area contributed by atoms with Gasteiger partial charge >= 0.3 is 6.18 Å². The quantitative estimate of drug-likeness (QED) is 0.305. The molecule has 1 amide bonds. The molecule has 1 aliphatic heterocycles. The Morgan fingerprint density at radius 2 is 1.80 bits per heavy atom. The third-order valence-corrected chi connectivity index (χ3v) is 6.53. The molecular weight excluding hydrogens is 520 g/mol. The topological polar surface area (TPSA) is 45.8 Å². The number of amides is 1. The zero-order chi connectivity index (χ0) is 25.3. The maximum atomic E-state index is 13.2. The number of carbonyl (C=O) groups is 1. The second-order valence-electron chi connectivity index (χ2n) is 8.19. The molecule has 0 bridgehead atoms. The highest BCUT2D eigenvalue weighted by atomic mass is 35.5. The lowest BCUT2D eigenvalue weighted by Gasteiger charge is -2.17. The number of hydrogen-bond acceptors (Lipinski definition) is 4. The van der Waals surface area contributed by atoms with E-state index in [0.29, 0.717) is 33.1 Å². The summed E-state index contributed by atoms with van der Waals surface area (Å²) in [5, 5.41) is 0.720. The van der Waals surface area contributed by atoms with Gasteiger partial charge in [0.15, 0.2) is 5.17 Å². The van der Waals surface area contributed by atoms with Crippen molar-refractivity contribution >= 4 is 57.8 Å². The number of halogens is 5. The van der Waals surface area contributed by atoms with Crippen molar-refractivity contribution in [1.29, 1.82) is 0 Å². The van der Waals surface area contributed by atoms with E-state index in [0.717, 1.165) is 6.07 Å². The van der Waals surface area contributed by atoms with Gasteiger partial charge in [-0.15, -0.1) is 0 Å². The predicted octanol–water partition coefficient (Wildman–Crippen LogP) is 8.53. The maximum Gasteiger partial charge on any atom is 0.417 e. The number of nitrogens with zero attached hydrogens (tertiary/aromatic N) is 2. The number of rotatable bonds is 5. The Labute approximate surface area is 214 Å². The van der Waals surface area contributed by atoms with Crippen molar-refractivity contribution in [2.24, 2.45) is 10.9 Å². The molecule has 35 heavy (non-hydrogen) atoms. The van der Waals surface area contributed by atoms with Crippen LogP contribution in [-0.4, -0.2) is 22.5 Å². The molecule has 0 saturated carbocycles. The molecule has 1 aliphatic rings. The first kappa shape index (κ1) is 25.4. The predicted molar refractivity (Wildman–Crippen MR) is 135 cm³/mol. The first-order valence-corrected chi connectivity index (χ1v) is 12.1. The van der Waals surface area contributed by atoms with Gasteiger partial charge in [-0.25, -0.2) is 4.99 Å². The summed E-state index contributed by atoms with van der Waals surface area (Å²) in [4.78, 5) is 19.7. The van der Waals surface area contributed by atoms with Crippen LogP contribution >= 0.6 is 35.0 Å². The SMILES string of the molecule is CC(C)CN1C(=O)/C(=C/c2ccc(-c3ccc(Cl)c(C(F)(F)F)c3)o2)SC1=Nc1ccc(Cl)cc1. The molecule has 2 aromatic carbocycles. The average Bonchev–Trinajstić information content (AvgIpc) is 3.35. The molecule has 4 nitrogen and oxygen atoms in total. The Balaban J connectivity index is 1.64. The van der Waals surface area contributed by atoms with E-state index < -0.39 is 11.7 Å². The molecule has 0 aliphatic carbocycles. The second kappa shape index (κ2) is 10.1. The summed E-state index contributed by atoms with van der Waals surface area (Å²) < 4.78 is 45.4. The van der Waals surface area contributed by atoms with Gasteiger partial charge in [0, 0.05) is 23.2 Å². The number of hydrogen-bond donors (Lipinski definition) is 0. The van der Waals surface area contributed by atoms with Crippen molar-refractivity contribution < 1.29 is 22.4 Å². The Hall–Kier alpha value is -2.68. The maximum absolute atomic E-state index is 13.2. The van der Waals surface area contributed by atoms with E-state index in [1.54, 1.807) is 47.4 Å². The molecule has 0 radical (unpaired) electrons. The molecule has 0 N–H and O–H groups in total. The van der Waals surface area contributed by atoms with Crippen LogP contribution in [0.5, 0.6) is 0 Å². The lowest BCUT2D eigenvalue weighted by molar-refractivity contribution is -0.137. The van der Waals surface area contributed by atoms with E-state index in [4.69, 9.17) is 27.6 Å². The minimum Gasteiger partial charge on any atom is -0.457 e. The van der Waals surface area contributed by atoms with Gasteiger partial charge in [0.05, 0.1) is 21.2 Å². The van der Waals surface area contributed by atoms with Gasteiger partial charge in [-0.3, -0.25) is 9.69 Å². The van der Waals surface area contributed by atoms with Crippen LogP contribution in [0.1, 0.15) is 25.2 Å². The third kappa shape index (κ3) is 5.94. The standard InChI is InChI=1S/C25H19Cl2F3N2O2S/c1-14(2)13-32-23(33)22(35-24(32)31-17-6-4-16(26)5-7-17)12-18-8-10-21(34-18)15-3-9-20(27)19(11-15)25(28,29)30/h3-12,14H,13H2,1-2H3/b22-12-,31-24?. The lowest BCUT2D eigenvalue weighted by Crippen LogP contribution is -2.32. The van der Waals surface area contributed by atoms with Gasteiger partial charge in [-0.2, -0.15) is 13.2 Å². The van der Waals surface area contributed by atoms with E-state index in [1.165, 1.54) is 23.9 Å². The molecule has 2 heterocycles. The second-order valence-corrected chi connectivity index (χ2v) is 10.0. The Bertz CT molecular complexity index is 1310. The normalized spacial score (nSPS) is 16.8. The molecule has 3 aromatic rings. The Morgan fingerprint density at radius 3 is 2.46 bits per heavy atom. The van der Waals surface area contributed by atoms with E-state index in [-0.39, 0.29) is 28.2 Å². The fraction of sp³-hybridized carbons (Fsp3) is 0.200. The van der Waals surface area contributed by atoms with Gasteiger partial charge in [-0.05, 0) is 72.3 Å². The van der Waals surface area contributed by atoms with Crippen molar-refractivity contribution in [3.63, 3.8) is 0 Å². The van der Waals surface area contributed by atoms with Crippen LogP contribution in [0.15, 0.2) is 68.9 Å². The molecule has 0 unspecified atom stereocenters. The summed E-state index contributed by atoms with van der Waals surface area (Å²) in [6.07, 6.45) is -3.02. The molecule has 182 valence electrons. The van der Waals surface area contributed by atoms with E-state index in [1.807, 2.05) is 13.8 Å². The monoisotopic (exact) mass is 538 g/mol. The van der Waals surface area contributed by atoms with Crippen LogP contribution in [-0.2, 0) is 11.0 Å². The lowest BCUT2D eigenvalue weighted by atomic mass is 10.1. The van der Waals surface area contributed by atoms with Crippen molar-refractivity contribution in [2.75, 3.05) is 6.54 Å². The molecule has 1 fully saturated rings. The molecule has 10 heteroatoms. The highest BCUT2D eigenvalue weighted by Crippen LogP contribution is 2.39. The van der Waals surface area contributed by atoms with Crippen LogP contribution in [0.3, 0.4) is 0 Å². The summed E-state index contributed by atoms with van der Waals surface area (Å²) in [6.45, 7) is 4.48. The summed E-state index contributed by atoms with van der Waals surface area (Å²) in [7, 11) is 0. The highest BCUT2D eigenvalue weighted by molar-refractivity contribution is 8.18. The van der Waals surface area contributed by atoms with Gasteiger partial charge in [0.2, 0.25) is 0 Å². The highest BCUT2D eigenvalue weighted by Gasteiger charge is 2.35. The van der Waals surface area contributed by atoms with Crippen molar-refractivity contribution in [3.05, 3.63) is 80.9 Å². The average molecular weight is 539 g/mol.